The molecule has 0 saturated heterocycles. The predicted octanol–water partition coefficient (Wildman–Crippen LogP) is 2.71. The number of nitriles is 1. The molecule has 18 heavy (non-hydrogen) atoms. The van der Waals surface area contributed by atoms with Gasteiger partial charge < -0.3 is 4.74 Å². The number of carbonyl (C=O) groups excluding carboxylic acids is 1. The molecule has 2 aromatic carbocycles. The Morgan fingerprint density at radius 1 is 1.11 bits per heavy atom. The normalized spacial score (nSPS) is 9.50. The van der Waals surface area contributed by atoms with Crippen molar-refractivity contribution in [2.75, 3.05) is 0 Å². The third-order valence-corrected chi connectivity index (χ3v) is 2.39. The molecule has 2 aromatic rings. The molecule has 0 saturated carbocycles. The van der Waals surface area contributed by atoms with Gasteiger partial charge in [-0.3, -0.25) is 4.79 Å². The zero-order valence-corrected chi connectivity index (χ0v) is 9.67. The van der Waals surface area contributed by atoms with Gasteiger partial charge in [-0.2, -0.15) is 5.26 Å². The van der Waals surface area contributed by atoms with Gasteiger partial charge in [0.05, 0.1) is 18.1 Å². The van der Waals surface area contributed by atoms with Gasteiger partial charge in [-0.1, -0.05) is 36.4 Å². The molecule has 0 spiro atoms. The summed E-state index contributed by atoms with van der Waals surface area (Å²) in [7, 11) is 0. The third-order valence-electron chi connectivity index (χ3n) is 2.39. The lowest BCUT2D eigenvalue weighted by atomic mass is 10.1. The highest BCUT2D eigenvalue weighted by atomic mass is 16.5. The van der Waals surface area contributed by atoms with Crippen molar-refractivity contribution in [3.8, 4) is 11.8 Å². The Balaban J connectivity index is 2.01. The zero-order valence-electron chi connectivity index (χ0n) is 9.67. The topological polar surface area (TPSA) is 50.1 Å². The Hall–Kier alpha value is -2.60. The molecule has 3 nitrogen and oxygen atoms in total. The van der Waals surface area contributed by atoms with Gasteiger partial charge in [0.25, 0.3) is 0 Å². The van der Waals surface area contributed by atoms with Gasteiger partial charge in [0, 0.05) is 0 Å². The Bertz CT molecular complexity index is 585. The van der Waals surface area contributed by atoms with E-state index in [9.17, 15) is 4.79 Å². The number of hydrogen-bond donors (Lipinski definition) is 0. The first kappa shape index (κ1) is 11.9. The van der Waals surface area contributed by atoms with E-state index in [1.165, 1.54) is 0 Å². The van der Waals surface area contributed by atoms with Crippen LogP contribution < -0.4 is 4.74 Å². The number of hydrogen-bond acceptors (Lipinski definition) is 3. The van der Waals surface area contributed by atoms with Gasteiger partial charge in [0.2, 0.25) is 0 Å². The SMILES string of the molecule is N#Cc1cccc(OC(=O)Cc2ccccc2)c1. The van der Waals surface area contributed by atoms with Crippen LogP contribution in [0.2, 0.25) is 0 Å². The highest BCUT2D eigenvalue weighted by Gasteiger charge is 2.06. The average Bonchev–Trinajstić information content (AvgIpc) is 2.40. The first-order valence-electron chi connectivity index (χ1n) is 5.53. The predicted molar refractivity (Wildman–Crippen MR) is 66.9 cm³/mol. The lowest BCUT2D eigenvalue weighted by molar-refractivity contribution is -0.133. The van der Waals surface area contributed by atoms with Crippen LogP contribution in [-0.2, 0) is 11.2 Å². The van der Waals surface area contributed by atoms with E-state index in [4.69, 9.17) is 10.00 Å². The maximum absolute atomic E-state index is 11.7. The average molecular weight is 237 g/mol. The van der Waals surface area contributed by atoms with Gasteiger partial charge in [0.15, 0.2) is 0 Å². The summed E-state index contributed by atoms with van der Waals surface area (Å²) in [5.41, 5.74) is 1.37. The molecule has 0 fully saturated rings. The molecule has 3 heteroatoms. The molecule has 88 valence electrons. The maximum Gasteiger partial charge on any atom is 0.315 e. The van der Waals surface area contributed by atoms with Crippen molar-refractivity contribution in [2.24, 2.45) is 0 Å². The minimum absolute atomic E-state index is 0.220. The fraction of sp³-hybridized carbons (Fsp3) is 0.0667. The van der Waals surface area contributed by atoms with Crippen LogP contribution >= 0.6 is 0 Å². The van der Waals surface area contributed by atoms with Crippen LogP contribution in [0.4, 0.5) is 0 Å². The van der Waals surface area contributed by atoms with Crippen molar-refractivity contribution in [1.29, 1.82) is 5.26 Å². The van der Waals surface area contributed by atoms with E-state index < -0.39 is 0 Å². The number of esters is 1. The van der Waals surface area contributed by atoms with Crippen LogP contribution in [0.25, 0.3) is 0 Å². The van der Waals surface area contributed by atoms with Crippen LogP contribution in [-0.4, -0.2) is 5.97 Å². The minimum atomic E-state index is -0.337. The smallest absolute Gasteiger partial charge is 0.315 e. The molecule has 0 N–H and O–H groups in total. The quantitative estimate of drug-likeness (QED) is 0.609. The number of rotatable bonds is 3. The highest BCUT2D eigenvalue weighted by molar-refractivity contribution is 5.75. The Morgan fingerprint density at radius 2 is 1.89 bits per heavy atom. The molecular weight excluding hydrogens is 226 g/mol. The van der Waals surface area contributed by atoms with Crippen LogP contribution in [0.15, 0.2) is 54.6 Å². The zero-order chi connectivity index (χ0) is 12.8. The van der Waals surface area contributed by atoms with Crippen molar-refractivity contribution >= 4 is 5.97 Å². The van der Waals surface area contributed by atoms with E-state index in [1.54, 1.807) is 24.3 Å². The van der Waals surface area contributed by atoms with Gasteiger partial charge in [-0.25, -0.2) is 0 Å². The number of benzene rings is 2. The standard InChI is InChI=1S/C15H11NO2/c16-11-13-7-4-8-14(9-13)18-15(17)10-12-5-2-1-3-6-12/h1-9H,10H2. The van der Waals surface area contributed by atoms with Crippen molar-refractivity contribution in [2.45, 2.75) is 6.42 Å². The van der Waals surface area contributed by atoms with Gasteiger partial charge in [-0.15, -0.1) is 0 Å². The second-order valence-corrected chi connectivity index (χ2v) is 3.78. The molecule has 0 heterocycles. The summed E-state index contributed by atoms with van der Waals surface area (Å²) in [6, 6.07) is 17.9. The second-order valence-electron chi connectivity index (χ2n) is 3.78. The van der Waals surface area contributed by atoms with Crippen LogP contribution in [0.3, 0.4) is 0 Å². The van der Waals surface area contributed by atoms with Crippen LogP contribution in [0, 0.1) is 11.3 Å². The monoisotopic (exact) mass is 237 g/mol. The molecule has 2 rings (SSSR count). The largest absolute Gasteiger partial charge is 0.426 e. The summed E-state index contributed by atoms with van der Waals surface area (Å²) >= 11 is 0. The van der Waals surface area contributed by atoms with Crippen molar-refractivity contribution in [1.82, 2.24) is 0 Å². The summed E-state index contributed by atoms with van der Waals surface area (Å²) in [4.78, 5) is 11.7. The Labute approximate surface area is 105 Å². The summed E-state index contributed by atoms with van der Waals surface area (Å²) in [5, 5.41) is 8.74. The number of carbonyl (C=O) groups is 1. The van der Waals surface area contributed by atoms with Crippen molar-refractivity contribution < 1.29 is 9.53 Å². The molecule has 0 atom stereocenters. The Kier molecular flexibility index (Phi) is 3.72. The lowest BCUT2D eigenvalue weighted by Gasteiger charge is -2.04. The van der Waals surface area contributed by atoms with E-state index >= 15 is 0 Å². The fourth-order valence-corrected chi connectivity index (χ4v) is 1.56. The van der Waals surface area contributed by atoms with E-state index in [0.717, 1.165) is 5.56 Å². The fourth-order valence-electron chi connectivity index (χ4n) is 1.56. The summed E-state index contributed by atoms with van der Waals surface area (Å²) in [5.74, 6) is 0.0614. The molecule has 0 aliphatic carbocycles. The summed E-state index contributed by atoms with van der Waals surface area (Å²) in [6.45, 7) is 0. The van der Waals surface area contributed by atoms with E-state index in [-0.39, 0.29) is 12.4 Å². The summed E-state index contributed by atoms with van der Waals surface area (Å²) in [6.07, 6.45) is 0.220. The number of ether oxygens (including phenoxy) is 1. The van der Waals surface area contributed by atoms with E-state index in [1.807, 2.05) is 36.4 Å². The van der Waals surface area contributed by atoms with Crippen LogP contribution in [0.1, 0.15) is 11.1 Å². The van der Waals surface area contributed by atoms with Gasteiger partial charge in [-0.05, 0) is 23.8 Å². The highest BCUT2D eigenvalue weighted by Crippen LogP contribution is 2.13. The van der Waals surface area contributed by atoms with Crippen molar-refractivity contribution in [3.05, 3.63) is 65.7 Å². The minimum Gasteiger partial charge on any atom is -0.426 e. The molecule has 0 aromatic heterocycles. The van der Waals surface area contributed by atoms with Crippen molar-refractivity contribution in [3.63, 3.8) is 0 Å². The molecule has 0 aliphatic rings. The molecule has 0 unspecified atom stereocenters. The van der Waals surface area contributed by atoms with Gasteiger partial charge >= 0.3 is 5.97 Å². The molecular formula is C15H11NO2. The second kappa shape index (κ2) is 5.65. The first-order chi connectivity index (χ1) is 8.78. The summed E-state index contributed by atoms with van der Waals surface area (Å²) < 4.78 is 5.17. The van der Waals surface area contributed by atoms with E-state index in [2.05, 4.69) is 0 Å². The molecule has 0 amide bonds. The van der Waals surface area contributed by atoms with Crippen LogP contribution in [0.5, 0.6) is 5.75 Å². The van der Waals surface area contributed by atoms with E-state index in [0.29, 0.717) is 11.3 Å². The molecule has 0 bridgehead atoms. The third kappa shape index (κ3) is 3.19. The maximum atomic E-state index is 11.7. The Morgan fingerprint density at radius 3 is 2.61 bits per heavy atom. The molecule has 0 radical (unpaired) electrons. The lowest BCUT2D eigenvalue weighted by Crippen LogP contribution is -2.11. The van der Waals surface area contributed by atoms with Gasteiger partial charge in [0.1, 0.15) is 5.75 Å². The number of nitrogens with zero attached hydrogens (tertiary/aromatic N) is 1. The molecule has 0 aliphatic heterocycles. The first-order valence-corrected chi connectivity index (χ1v) is 5.53.